The molecule has 2 amide bonds. The van der Waals surface area contributed by atoms with E-state index in [0.29, 0.717) is 5.69 Å². The molecule has 0 aromatic heterocycles. The van der Waals surface area contributed by atoms with E-state index in [4.69, 9.17) is 9.47 Å². The van der Waals surface area contributed by atoms with E-state index < -0.39 is 23.7 Å². The van der Waals surface area contributed by atoms with Crippen LogP contribution >= 0.6 is 0 Å². The van der Waals surface area contributed by atoms with Crippen LogP contribution in [-0.4, -0.2) is 36.7 Å². The summed E-state index contributed by atoms with van der Waals surface area (Å²) in [4.78, 5) is 36.2. The summed E-state index contributed by atoms with van der Waals surface area (Å²) < 4.78 is 9.88. The standard InChI is InChI=1S/C24H30N2O5/c1-24(2,3)31-23(29)26-20(22(28)30-4)14-15-21(27)25-19-12-10-18(11-13-19)16-17-8-6-5-7-9-17/h5-13,20H,14-16H2,1-4H3,(H,25,27)(H,26,29). The van der Waals surface area contributed by atoms with Gasteiger partial charge in [-0.3, -0.25) is 4.79 Å². The van der Waals surface area contributed by atoms with Gasteiger partial charge in [0, 0.05) is 12.1 Å². The van der Waals surface area contributed by atoms with Gasteiger partial charge in [0.15, 0.2) is 0 Å². The van der Waals surface area contributed by atoms with Crippen molar-refractivity contribution in [3.63, 3.8) is 0 Å². The maximum absolute atomic E-state index is 12.3. The van der Waals surface area contributed by atoms with Gasteiger partial charge in [0.2, 0.25) is 5.91 Å². The molecule has 166 valence electrons. The molecular weight excluding hydrogens is 396 g/mol. The lowest BCUT2D eigenvalue weighted by Gasteiger charge is -2.22. The van der Waals surface area contributed by atoms with Crippen molar-refractivity contribution in [1.82, 2.24) is 5.32 Å². The van der Waals surface area contributed by atoms with E-state index in [1.165, 1.54) is 12.7 Å². The number of amides is 2. The maximum atomic E-state index is 12.3. The molecule has 0 saturated carbocycles. The summed E-state index contributed by atoms with van der Waals surface area (Å²) >= 11 is 0. The minimum atomic E-state index is -0.973. The van der Waals surface area contributed by atoms with E-state index >= 15 is 0 Å². The zero-order chi connectivity index (χ0) is 22.9. The Labute approximate surface area is 183 Å². The number of esters is 1. The highest BCUT2D eigenvalue weighted by Gasteiger charge is 2.25. The summed E-state index contributed by atoms with van der Waals surface area (Å²) in [6.07, 6.45) is 0.189. The van der Waals surface area contributed by atoms with Crippen LogP contribution in [0.25, 0.3) is 0 Å². The molecule has 2 aromatic carbocycles. The van der Waals surface area contributed by atoms with E-state index in [1.807, 2.05) is 42.5 Å². The average Bonchev–Trinajstić information content (AvgIpc) is 2.71. The Morgan fingerprint density at radius 3 is 2.13 bits per heavy atom. The van der Waals surface area contributed by atoms with Gasteiger partial charge in [-0.2, -0.15) is 0 Å². The lowest BCUT2D eigenvalue weighted by molar-refractivity contribution is -0.143. The molecule has 0 fully saturated rings. The van der Waals surface area contributed by atoms with Crippen LogP contribution in [0.5, 0.6) is 0 Å². The van der Waals surface area contributed by atoms with Crippen LogP contribution in [-0.2, 0) is 25.5 Å². The summed E-state index contributed by atoms with van der Waals surface area (Å²) in [6, 6.07) is 16.8. The summed E-state index contributed by atoms with van der Waals surface area (Å²) in [5.74, 6) is -0.903. The van der Waals surface area contributed by atoms with E-state index in [2.05, 4.69) is 22.8 Å². The van der Waals surface area contributed by atoms with Gasteiger partial charge in [0.25, 0.3) is 0 Å². The van der Waals surface area contributed by atoms with Gasteiger partial charge in [-0.1, -0.05) is 42.5 Å². The lowest BCUT2D eigenvalue weighted by atomic mass is 10.0. The van der Waals surface area contributed by atoms with Crippen molar-refractivity contribution in [2.45, 2.75) is 51.7 Å². The first kappa shape index (κ1) is 23.9. The smallest absolute Gasteiger partial charge is 0.408 e. The minimum Gasteiger partial charge on any atom is -0.467 e. The van der Waals surface area contributed by atoms with Gasteiger partial charge in [-0.15, -0.1) is 0 Å². The number of alkyl carbamates (subject to hydrolysis) is 1. The Morgan fingerprint density at radius 2 is 1.55 bits per heavy atom. The van der Waals surface area contributed by atoms with Crippen LogP contribution in [0.4, 0.5) is 10.5 Å². The number of ether oxygens (including phenoxy) is 2. The molecule has 2 N–H and O–H groups in total. The molecule has 1 atom stereocenters. The fraction of sp³-hybridized carbons (Fsp3) is 0.375. The first-order valence-electron chi connectivity index (χ1n) is 10.2. The quantitative estimate of drug-likeness (QED) is 0.621. The Bertz CT molecular complexity index is 873. The molecule has 0 radical (unpaired) electrons. The number of carbonyl (C=O) groups excluding carboxylic acids is 3. The molecule has 0 heterocycles. The number of carbonyl (C=O) groups is 3. The van der Waals surface area contributed by atoms with Gasteiger partial charge in [0.05, 0.1) is 7.11 Å². The molecule has 2 rings (SSSR count). The number of hydrogen-bond donors (Lipinski definition) is 2. The average molecular weight is 427 g/mol. The van der Waals surface area contributed by atoms with Crippen molar-refractivity contribution in [3.8, 4) is 0 Å². The van der Waals surface area contributed by atoms with Crippen molar-refractivity contribution in [2.75, 3.05) is 12.4 Å². The van der Waals surface area contributed by atoms with Crippen LogP contribution < -0.4 is 10.6 Å². The van der Waals surface area contributed by atoms with Crippen molar-refractivity contribution >= 4 is 23.7 Å². The molecule has 0 saturated heterocycles. The normalized spacial score (nSPS) is 11.9. The first-order chi connectivity index (χ1) is 14.7. The van der Waals surface area contributed by atoms with Crippen molar-refractivity contribution in [1.29, 1.82) is 0 Å². The first-order valence-corrected chi connectivity index (χ1v) is 10.2. The third-order valence-corrected chi connectivity index (χ3v) is 4.33. The van der Waals surface area contributed by atoms with Crippen LogP contribution in [0.3, 0.4) is 0 Å². The zero-order valence-electron chi connectivity index (χ0n) is 18.4. The molecule has 0 bridgehead atoms. The summed E-state index contributed by atoms with van der Waals surface area (Å²) in [5.41, 5.74) is 2.31. The van der Waals surface area contributed by atoms with Gasteiger partial charge < -0.3 is 20.1 Å². The van der Waals surface area contributed by atoms with Gasteiger partial charge in [-0.05, 0) is 56.9 Å². The molecule has 7 heteroatoms. The second-order valence-electron chi connectivity index (χ2n) is 8.17. The van der Waals surface area contributed by atoms with Crippen LogP contribution in [0.15, 0.2) is 54.6 Å². The van der Waals surface area contributed by atoms with E-state index in [-0.39, 0.29) is 18.7 Å². The minimum absolute atomic E-state index is 0.0291. The predicted molar refractivity (Wildman–Crippen MR) is 119 cm³/mol. The molecule has 0 aliphatic heterocycles. The molecule has 0 spiro atoms. The third-order valence-electron chi connectivity index (χ3n) is 4.33. The largest absolute Gasteiger partial charge is 0.467 e. The number of rotatable bonds is 8. The van der Waals surface area contributed by atoms with E-state index in [9.17, 15) is 14.4 Å². The zero-order valence-corrected chi connectivity index (χ0v) is 18.4. The fourth-order valence-electron chi connectivity index (χ4n) is 2.88. The van der Waals surface area contributed by atoms with Crippen LogP contribution in [0.1, 0.15) is 44.7 Å². The molecule has 2 aromatic rings. The topological polar surface area (TPSA) is 93.7 Å². The molecule has 0 aliphatic rings. The number of anilines is 1. The Morgan fingerprint density at radius 1 is 0.935 bits per heavy atom. The number of hydrogen-bond acceptors (Lipinski definition) is 5. The van der Waals surface area contributed by atoms with Gasteiger partial charge in [0.1, 0.15) is 11.6 Å². The SMILES string of the molecule is COC(=O)C(CCC(=O)Nc1ccc(Cc2ccccc2)cc1)NC(=O)OC(C)(C)C. The fourth-order valence-corrected chi connectivity index (χ4v) is 2.88. The highest BCUT2D eigenvalue weighted by atomic mass is 16.6. The molecule has 1 unspecified atom stereocenters. The van der Waals surface area contributed by atoms with Crippen LogP contribution in [0.2, 0.25) is 0 Å². The van der Waals surface area contributed by atoms with E-state index in [1.54, 1.807) is 20.8 Å². The van der Waals surface area contributed by atoms with Gasteiger partial charge in [-0.25, -0.2) is 9.59 Å². The van der Waals surface area contributed by atoms with Crippen molar-refractivity contribution < 1.29 is 23.9 Å². The Hall–Kier alpha value is -3.35. The number of methoxy groups -OCH3 is 1. The second kappa shape index (κ2) is 11.2. The number of nitrogens with one attached hydrogen (secondary N) is 2. The van der Waals surface area contributed by atoms with E-state index in [0.717, 1.165) is 12.0 Å². The van der Waals surface area contributed by atoms with Gasteiger partial charge >= 0.3 is 12.1 Å². The maximum Gasteiger partial charge on any atom is 0.408 e. The molecule has 31 heavy (non-hydrogen) atoms. The third kappa shape index (κ3) is 8.90. The Kier molecular flexibility index (Phi) is 8.61. The molecular formula is C24H30N2O5. The highest BCUT2D eigenvalue weighted by molar-refractivity contribution is 5.91. The summed E-state index contributed by atoms with van der Waals surface area (Å²) in [7, 11) is 1.23. The number of benzene rings is 2. The van der Waals surface area contributed by atoms with Crippen molar-refractivity contribution in [3.05, 3.63) is 65.7 Å². The highest BCUT2D eigenvalue weighted by Crippen LogP contribution is 2.14. The molecule has 7 nitrogen and oxygen atoms in total. The summed E-state index contributed by atoms with van der Waals surface area (Å²) in [6.45, 7) is 5.16. The van der Waals surface area contributed by atoms with Crippen molar-refractivity contribution in [2.24, 2.45) is 0 Å². The second-order valence-corrected chi connectivity index (χ2v) is 8.17. The van der Waals surface area contributed by atoms with Crippen LogP contribution in [0, 0.1) is 0 Å². The Balaban J connectivity index is 1.86. The monoisotopic (exact) mass is 426 g/mol. The molecule has 0 aliphatic carbocycles. The lowest BCUT2D eigenvalue weighted by Crippen LogP contribution is -2.44. The summed E-state index contributed by atoms with van der Waals surface area (Å²) in [5, 5.41) is 5.26. The predicted octanol–water partition coefficient (Wildman–Crippen LogP) is 4.06.